The van der Waals surface area contributed by atoms with Gasteiger partial charge in [0.05, 0.1) is 50.3 Å². The molecule has 0 radical (unpaired) electrons. The van der Waals surface area contributed by atoms with Crippen molar-refractivity contribution in [2.75, 3.05) is 34.3 Å². The molecule has 0 saturated carbocycles. The summed E-state index contributed by atoms with van der Waals surface area (Å²) in [6.45, 7) is 0.709. The Bertz CT molecular complexity index is 1110. The number of likely N-dealkylation sites (N-methyl/N-ethyl adjacent to an activating group) is 1. The molecular weight excluding hydrogens is 438 g/mol. The number of benzene rings is 2. The molecule has 2 aromatic rings. The minimum absolute atomic E-state index is 0.113. The summed E-state index contributed by atoms with van der Waals surface area (Å²) in [7, 11) is 5.21. The molecule has 0 aromatic heterocycles. The quantitative estimate of drug-likeness (QED) is 0.213. The van der Waals surface area contributed by atoms with Gasteiger partial charge >= 0.3 is 0 Å². The number of hydrogen-bond acceptors (Lipinski definition) is 6. The molecule has 0 aliphatic carbocycles. The van der Waals surface area contributed by atoms with Crippen LogP contribution in [0, 0.1) is 10.1 Å². The maximum absolute atomic E-state index is 13.4. The summed E-state index contributed by atoms with van der Waals surface area (Å²) in [5.41, 5.74) is -0.0326. The summed E-state index contributed by atoms with van der Waals surface area (Å²) in [4.78, 5) is 38.8. The smallest absolute Gasteiger partial charge is 0.295 e. The fourth-order valence-electron chi connectivity index (χ4n) is 3.56. The number of ketones is 1. The van der Waals surface area contributed by atoms with Gasteiger partial charge in [0, 0.05) is 17.7 Å². The van der Waals surface area contributed by atoms with Crippen LogP contribution in [0.5, 0.6) is 5.75 Å². The Morgan fingerprint density at radius 1 is 1.22 bits per heavy atom. The third-order valence-corrected chi connectivity index (χ3v) is 5.49. The molecule has 168 valence electrons. The highest BCUT2D eigenvalue weighted by atomic mass is 35.5. The van der Waals surface area contributed by atoms with Gasteiger partial charge in [0.2, 0.25) is 5.78 Å². The number of likely N-dealkylation sites (tertiary alicyclic amines) is 1. The predicted molar refractivity (Wildman–Crippen MR) is 115 cm³/mol. The Hall–Kier alpha value is -3.43. The number of amides is 1. The molecule has 10 heteroatoms. The lowest BCUT2D eigenvalue weighted by Gasteiger charge is -2.27. The van der Waals surface area contributed by atoms with Crippen molar-refractivity contribution in [3.05, 3.63) is 74.3 Å². The van der Waals surface area contributed by atoms with Crippen LogP contribution in [0.1, 0.15) is 17.2 Å². The Balaban J connectivity index is 2.19. The van der Waals surface area contributed by atoms with Gasteiger partial charge in [-0.15, -0.1) is 0 Å². The highest BCUT2D eigenvalue weighted by Crippen LogP contribution is 2.40. The van der Waals surface area contributed by atoms with E-state index in [-0.39, 0.29) is 28.4 Å². The van der Waals surface area contributed by atoms with Crippen LogP contribution < -0.4 is 14.7 Å². The standard InChI is InChI=1S/C22H22ClN3O6/c1-24(2)9-10-25-19(13-5-4-6-15(11-13)26(30)31)18(21(28)22(25)29)20(27)14-7-8-17(32-3)16(23)12-14/h4-8,11-12,19,27H,9-10H2,1-3H3. The van der Waals surface area contributed by atoms with Gasteiger partial charge in [0.25, 0.3) is 11.6 Å². The van der Waals surface area contributed by atoms with Crippen LogP contribution in [-0.2, 0) is 9.59 Å². The molecule has 0 spiro atoms. The molecular formula is C22H22ClN3O6. The van der Waals surface area contributed by atoms with Gasteiger partial charge < -0.3 is 19.6 Å². The van der Waals surface area contributed by atoms with Crippen LogP contribution >= 0.6 is 11.6 Å². The number of non-ortho nitro benzene ring substituents is 1. The number of nitrogens with one attached hydrogen (secondary N) is 1. The van der Waals surface area contributed by atoms with Crippen molar-refractivity contribution in [2.24, 2.45) is 0 Å². The van der Waals surface area contributed by atoms with E-state index in [1.807, 2.05) is 14.1 Å². The van der Waals surface area contributed by atoms with Crippen molar-refractivity contribution in [2.45, 2.75) is 6.04 Å². The summed E-state index contributed by atoms with van der Waals surface area (Å²) in [5, 5.41) is 24.8. The van der Waals surface area contributed by atoms with Gasteiger partial charge in [-0.25, -0.2) is 0 Å². The van der Waals surface area contributed by atoms with Crippen LogP contribution in [0.3, 0.4) is 0 Å². The summed E-state index contributed by atoms with van der Waals surface area (Å²) in [5.74, 6) is -2.05. The highest BCUT2D eigenvalue weighted by Gasteiger charge is 2.44. The van der Waals surface area contributed by atoms with E-state index >= 15 is 0 Å². The van der Waals surface area contributed by atoms with Crippen molar-refractivity contribution in [1.82, 2.24) is 4.90 Å². The molecule has 0 bridgehead atoms. The molecule has 1 aliphatic rings. The van der Waals surface area contributed by atoms with E-state index in [2.05, 4.69) is 0 Å². The van der Waals surface area contributed by atoms with E-state index in [4.69, 9.17) is 16.3 Å². The van der Waals surface area contributed by atoms with Gasteiger partial charge in [-0.1, -0.05) is 35.6 Å². The summed E-state index contributed by atoms with van der Waals surface area (Å²) in [6, 6.07) is 8.88. The number of nitro groups is 1. The Labute approximate surface area is 189 Å². The number of quaternary nitrogens is 1. The van der Waals surface area contributed by atoms with Crippen LogP contribution in [-0.4, -0.2) is 55.8 Å². The van der Waals surface area contributed by atoms with E-state index in [0.29, 0.717) is 17.9 Å². The van der Waals surface area contributed by atoms with Crippen LogP contribution in [0.2, 0.25) is 5.02 Å². The first-order valence-corrected chi connectivity index (χ1v) is 10.2. The molecule has 1 saturated heterocycles. The molecule has 1 fully saturated rings. The van der Waals surface area contributed by atoms with Gasteiger partial charge in [0.15, 0.2) is 0 Å². The monoisotopic (exact) mass is 459 g/mol. The minimum Gasteiger partial charge on any atom is -0.872 e. The lowest BCUT2D eigenvalue weighted by Crippen LogP contribution is -3.06. The third kappa shape index (κ3) is 4.44. The Kier molecular flexibility index (Phi) is 6.81. The second-order valence-electron chi connectivity index (χ2n) is 7.63. The number of carbonyl (C=O) groups is 2. The van der Waals surface area contributed by atoms with Crippen LogP contribution in [0.25, 0.3) is 5.76 Å². The number of halogens is 1. The van der Waals surface area contributed by atoms with Crippen molar-refractivity contribution >= 4 is 34.7 Å². The van der Waals surface area contributed by atoms with Gasteiger partial charge in [-0.05, 0) is 23.3 Å². The lowest BCUT2D eigenvalue weighted by molar-refractivity contribution is -0.857. The first kappa shape index (κ1) is 23.2. The molecule has 1 heterocycles. The summed E-state index contributed by atoms with van der Waals surface area (Å²) >= 11 is 6.14. The summed E-state index contributed by atoms with van der Waals surface area (Å²) in [6.07, 6.45) is 0. The number of rotatable bonds is 7. The molecule has 1 unspecified atom stereocenters. The van der Waals surface area contributed by atoms with Crippen LogP contribution in [0.15, 0.2) is 48.0 Å². The predicted octanol–water partition coefficient (Wildman–Crippen LogP) is 0.625. The molecule has 9 nitrogen and oxygen atoms in total. The van der Waals surface area contributed by atoms with E-state index in [1.54, 1.807) is 6.07 Å². The molecule has 1 N–H and O–H groups in total. The number of nitrogens with zero attached hydrogens (tertiary/aromatic N) is 2. The Morgan fingerprint density at radius 2 is 1.94 bits per heavy atom. The van der Waals surface area contributed by atoms with E-state index < -0.39 is 28.4 Å². The molecule has 1 aliphatic heterocycles. The second kappa shape index (κ2) is 9.37. The first-order valence-electron chi connectivity index (χ1n) is 9.79. The SMILES string of the molecule is COc1ccc(C([O-])=C2C(=O)C(=O)N(CC[NH+](C)C)C2c2cccc([N+](=O)[O-])c2)cc1Cl. The molecule has 1 atom stereocenters. The maximum atomic E-state index is 13.4. The molecule has 3 rings (SSSR count). The lowest BCUT2D eigenvalue weighted by atomic mass is 9.95. The van der Waals surface area contributed by atoms with Gasteiger partial charge in [-0.2, -0.15) is 0 Å². The fourth-order valence-corrected chi connectivity index (χ4v) is 3.82. The molecule has 2 aromatic carbocycles. The zero-order valence-corrected chi connectivity index (χ0v) is 18.5. The first-order chi connectivity index (χ1) is 15.1. The topological polar surface area (TPSA) is 117 Å². The molecule has 32 heavy (non-hydrogen) atoms. The maximum Gasteiger partial charge on any atom is 0.295 e. The number of ether oxygens (including phenoxy) is 1. The zero-order valence-electron chi connectivity index (χ0n) is 17.8. The van der Waals surface area contributed by atoms with Crippen molar-refractivity contribution in [1.29, 1.82) is 0 Å². The average Bonchev–Trinajstić information content (AvgIpc) is 3.01. The average molecular weight is 460 g/mol. The van der Waals surface area contributed by atoms with Crippen molar-refractivity contribution in [3.8, 4) is 5.75 Å². The second-order valence-corrected chi connectivity index (χ2v) is 8.04. The minimum atomic E-state index is -1.04. The molecule has 1 amide bonds. The van der Waals surface area contributed by atoms with Gasteiger partial charge in [0.1, 0.15) is 5.75 Å². The number of nitro benzene ring substituents is 1. The van der Waals surface area contributed by atoms with Gasteiger partial charge in [-0.3, -0.25) is 19.7 Å². The van der Waals surface area contributed by atoms with Crippen molar-refractivity contribution in [3.63, 3.8) is 0 Å². The highest BCUT2D eigenvalue weighted by molar-refractivity contribution is 6.46. The largest absolute Gasteiger partial charge is 0.872 e. The number of hydrogen-bond donors (Lipinski definition) is 1. The summed E-state index contributed by atoms with van der Waals surface area (Å²) < 4.78 is 5.10. The number of methoxy groups -OCH3 is 1. The van der Waals surface area contributed by atoms with Crippen LogP contribution in [0.4, 0.5) is 5.69 Å². The Morgan fingerprint density at radius 3 is 2.53 bits per heavy atom. The number of Topliss-reactive ketones (excluding diaryl/α,β-unsaturated/α-hetero) is 1. The van der Waals surface area contributed by atoms with E-state index in [0.717, 1.165) is 4.90 Å². The van der Waals surface area contributed by atoms with Crippen molar-refractivity contribution < 1.29 is 29.3 Å². The zero-order chi connectivity index (χ0) is 23.6. The number of carbonyl (C=O) groups excluding carboxylic acids is 2. The van der Waals surface area contributed by atoms with E-state index in [1.165, 1.54) is 48.4 Å². The fraction of sp³-hybridized carbons (Fsp3) is 0.273. The normalized spacial score (nSPS) is 17.8. The third-order valence-electron chi connectivity index (χ3n) is 5.19. The van der Waals surface area contributed by atoms with E-state index in [9.17, 15) is 24.8 Å².